The standard InChI is InChI=1S/C18H22N2O6/c1-4-19-17(23)12(2)20-15(21)11-26-16(22)10-7-13-5-8-14(9-6-13)18(24)25-3/h5-10,12H,4,11H2,1-3H3,(H,19,23)(H,20,21)/b10-7+/t12-/m1/s1. The van der Waals surface area contributed by atoms with Crippen molar-refractivity contribution >= 4 is 29.8 Å². The highest BCUT2D eigenvalue weighted by Gasteiger charge is 2.15. The lowest BCUT2D eigenvalue weighted by Gasteiger charge is -2.12. The van der Waals surface area contributed by atoms with E-state index in [1.165, 1.54) is 20.1 Å². The zero-order chi connectivity index (χ0) is 19.5. The second-order valence-corrected chi connectivity index (χ2v) is 5.24. The van der Waals surface area contributed by atoms with E-state index in [1.54, 1.807) is 31.2 Å². The Labute approximate surface area is 151 Å². The first-order chi connectivity index (χ1) is 12.4. The number of hydrogen-bond acceptors (Lipinski definition) is 6. The van der Waals surface area contributed by atoms with Crippen molar-refractivity contribution in [3.05, 3.63) is 41.5 Å². The Morgan fingerprint density at radius 3 is 2.38 bits per heavy atom. The Morgan fingerprint density at radius 1 is 1.15 bits per heavy atom. The monoisotopic (exact) mass is 362 g/mol. The van der Waals surface area contributed by atoms with Crippen molar-refractivity contribution in [2.75, 3.05) is 20.3 Å². The minimum absolute atomic E-state index is 0.317. The van der Waals surface area contributed by atoms with Gasteiger partial charge in [0.05, 0.1) is 12.7 Å². The lowest BCUT2D eigenvalue weighted by atomic mass is 10.1. The molecule has 0 unspecified atom stereocenters. The molecule has 140 valence electrons. The molecule has 26 heavy (non-hydrogen) atoms. The number of nitrogens with one attached hydrogen (secondary N) is 2. The fourth-order valence-electron chi connectivity index (χ4n) is 1.87. The number of likely N-dealkylation sites (N-methyl/N-ethyl adjacent to an activating group) is 1. The third kappa shape index (κ3) is 7.16. The molecule has 0 saturated carbocycles. The van der Waals surface area contributed by atoms with Gasteiger partial charge in [-0.1, -0.05) is 12.1 Å². The van der Waals surface area contributed by atoms with Gasteiger partial charge in [-0.15, -0.1) is 0 Å². The number of amides is 2. The smallest absolute Gasteiger partial charge is 0.337 e. The first-order valence-corrected chi connectivity index (χ1v) is 7.97. The van der Waals surface area contributed by atoms with Gasteiger partial charge in [0.2, 0.25) is 5.91 Å². The van der Waals surface area contributed by atoms with Crippen LogP contribution in [0.2, 0.25) is 0 Å². The summed E-state index contributed by atoms with van der Waals surface area (Å²) in [6, 6.07) is 5.68. The van der Waals surface area contributed by atoms with E-state index in [0.29, 0.717) is 17.7 Å². The maximum Gasteiger partial charge on any atom is 0.337 e. The van der Waals surface area contributed by atoms with E-state index in [2.05, 4.69) is 15.4 Å². The molecule has 0 aliphatic heterocycles. The molecule has 1 rings (SSSR count). The topological polar surface area (TPSA) is 111 Å². The van der Waals surface area contributed by atoms with Gasteiger partial charge in [0.25, 0.3) is 5.91 Å². The molecule has 8 heteroatoms. The molecule has 0 fully saturated rings. The predicted octanol–water partition coefficient (Wildman–Crippen LogP) is 0.670. The minimum Gasteiger partial charge on any atom is -0.465 e. The van der Waals surface area contributed by atoms with Gasteiger partial charge < -0.3 is 20.1 Å². The van der Waals surface area contributed by atoms with Gasteiger partial charge in [0.1, 0.15) is 6.04 Å². The third-order valence-corrected chi connectivity index (χ3v) is 3.21. The Balaban J connectivity index is 2.44. The quantitative estimate of drug-likeness (QED) is 0.519. The molecule has 0 heterocycles. The molecule has 2 N–H and O–H groups in total. The van der Waals surface area contributed by atoms with Crippen LogP contribution >= 0.6 is 0 Å². The summed E-state index contributed by atoms with van der Waals surface area (Å²) in [6.45, 7) is 3.26. The second-order valence-electron chi connectivity index (χ2n) is 5.24. The lowest BCUT2D eigenvalue weighted by molar-refractivity contribution is -0.144. The number of carbonyl (C=O) groups excluding carboxylic acids is 4. The van der Waals surface area contributed by atoms with Crippen molar-refractivity contribution in [2.45, 2.75) is 19.9 Å². The van der Waals surface area contributed by atoms with Crippen molar-refractivity contribution in [2.24, 2.45) is 0 Å². The molecule has 0 radical (unpaired) electrons. The minimum atomic E-state index is -0.718. The van der Waals surface area contributed by atoms with Crippen LogP contribution in [0.5, 0.6) is 0 Å². The summed E-state index contributed by atoms with van der Waals surface area (Å²) in [6.07, 6.45) is 2.65. The summed E-state index contributed by atoms with van der Waals surface area (Å²) in [5.41, 5.74) is 1.06. The fourth-order valence-corrected chi connectivity index (χ4v) is 1.87. The zero-order valence-electron chi connectivity index (χ0n) is 14.9. The van der Waals surface area contributed by atoms with E-state index >= 15 is 0 Å². The van der Waals surface area contributed by atoms with Crippen LogP contribution in [0.15, 0.2) is 30.3 Å². The first kappa shape index (κ1) is 20.9. The van der Waals surface area contributed by atoms with Crippen LogP contribution in [0.25, 0.3) is 6.08 Å². The van der Waals surface area contributed by atoms with E-state index in [0.717, 1.165) is 6.08 Å². The molecule has 8 nitrogen and oxygen atoms in total. The second kappa shape index (κ2) is 10.7. The Hall–Kier alpha value is -3.16. The molecule has 0 bridgehead atoms. The molecule has 0 aliphatic rings. The summed E-state index contributed by atoms with van der Waals surface area (Å²) < 4.78 is 9.39. The van der Waals surface area contributed by atoms with Crippen LogP contribution in [-0.4, -0.2) is 50.1 Å². The molecular weight excluding hydrogens is 340 g/mol. The first-order valence-electron chi connectivity index (χ1n) is 7.97. The molecule has 1 aromatic carbocycles. The predicted molar refractivity (Wildman–Crippen MR) is 94.1 cm³/mol. The number of ether oxygens (including phenoxy) is 2. The number of benzene rings is 1. The van der Waals surface area contributed by atoms with E-state index < -0.39 is 30.5 Å². The van der Waals surface area contributed by atoms with Crippen molar-refractivity contribution in [3.63, 3.8) is 0 Å². The van der Waals surface area contributed by atoms with Crippen LogP contribution in [0.1, 0.15) is 29.8 Å². The highest BCUT2D eigenvalue weighted by Crippen LogP contribution is 2.07. The summed E-state index contributed by atoms with van der Waals surface area (Å²) in [7, 11) is 1.29. The van der Waals surface area contributed by atoms with Gasteiger partial charge in [0.15, 0.2) is 6.61 Å². The maximum absolute atomic E-state index is 11.6. The molecule has 0 aromatic heterocycles. The number of esters is 2. The fraction of sp³-hybridized carbons (Fsp3) is 0.333. The summed E-state index contributed by atoms with van der Waals surface area (Å²) in [5.74, 6) is -2.05. The van der Waals surface area contributed by atoms with Crippen LogP contribution in [0.4, 0.5) is 0 Å². The molecule has 1 atom stereocenters. The average Bonchev–Trinajstić information content (AvgIpc) is 2.64. The number of hydrogen-bond donors (Lipinski definition) is 2. The molecule has 1 aromatic rings. The average molecular weight is 362 g/mol. The van der Waals surface area contributed by atoms with E-state index in [1.807, 2.05) is 0 Å². The van der Waals surface area contributed by atoms with Gasteiger partial charge in [-0.05, 0) is 37.6 Å². The lowest BCUT2D eigenvalue weighted by Crippen LogP contribution is -2.46. The van der Waals surface area contributed by atoms with Gasteiger partial charge in [0, 0.05) is 12.6 Å². The van der Waals surface area contributed by atoms with Gasteiger partial charge in [-0.25, -0.2) is 9.59 Å². The Bertz CT molecular complexity index is 681. The highest BCUT2D eigenvalue weighted by molar-refractivity contribution is 5.92. The van der Waals surface area contributed by atoms with Crippen molar-refractivity contribution in [1.29, 1.82) is 0 Å². The normalized spacial score (nSPS) is 11.5. The van der Waals surface area contributed by atoms with Crippen LogP contribution in [0, 0.1) is 0 Å². The summed E-state index contributed by atoms with van der Waals surface area (Å²) in [5, 5.41) is 4.99. The number of methoxy groups -OCH3 is 1. The van der Waals surface area contributed by atoms with Crippen molar-refractivity contribution in [3.8, 4) is 0 Å². The van der Waals surface area contributed by atoms with E-state index in [4.69, 9.17) is 4.74 Å². The molecule has 0 spiro atoms. The Morgan fingerprint density at radius 2 is 1.81 bits per heavy atom. The van der Waals surface area contributed by atoms with Crippen molar-refractivity contribution < 1.29 is 28.7 Å². The van der Waals surface area contributed by atoms with E-state index in [9.17, 15) is 19.2 Å². The van der Waals surface area contributed by atoms with Crippen molar-refractivity contribution in [1.82, 2.24) is 10.6 Å². The molecule has 0 saturated heterocycles. The summed E-state index contributed by atoms with van der Waals surface area (Å²) in [4.78, 5) is 46.1. The van der Waals surface area contributed by atoms with Crippen LogP contribution in [-0.2, 0) is 23.9 Å². The number of carbonyl (C=O) groups is 4. The SMILES string of the molecule is CCNC(=O)[C@@H](C)NC(=O)COC(=O)/C=C/c1ccc(C(=O)OC)cc1. The summed E-state index contributed by atoms with van der Waals surface area (Å²) >= 11 is 0. The molecule has 0 aliphatic carbocycles. The molecular formula is C18H22N2O6. The third-order valence-electron chi connectivity index (χ3n) is 3.21. The Kier molecular flexibility index (Phi) is 8.56. The van der Waals surface area contributed by atoms with Crippen LogP contribution < -0.4 is 10.6 Å². The maximum atomic E-state index is 11.6. The van der Waals surface area contributed by atoms with Crippen LogP contribution in [0.3, 0.4) is 0 Å². The highest BCUT2D eigenvalue weighted by atomic mass is 16.5. The number of rotatable bonds is 8. The van der Waals surface area contributed by atoms with Gasteiger partial charge >= 0.3 is 11.9 Å². The molecule has 2 amide bonds. The van der Waals surface area contributed by atoms with Gasteiger partial charge in [-0.3, -0.25) is 9.59 Å². The van der Waals surface area contributed by atoms with Gasteiger partial charge in [-0.2, -0.15) is 0 Å². The van der Waals surface area contributed by atoms with E-state index in [-0.39, 0.29) is 5.91 Å². The largest absolute Gasteiger partial charge is 0.465 e. The zero-order valence-corrected chi connectivity index (χ0v) is 14.9.